The number of hydrogen-bond acceptors (Lipinski definition) is 4. The highest BCUT2D eigenvalue weighted by molar-refractivity contribution is 5.91. The maximum absolute atomic E-state index is 14.4. The zero-order chi connectivity index (χ0) is 30.9. The average molecular weight is 587 g/mol. The summed E-state index contributed by atoms with van der Waals surface area (Å²) in [6, 6.07) is 15.2. The smallest absolute Gasteiger partial charge is 0.318 e. The molecule has 0 radical (unpaired) electrons. The number of benzene rings is 2. The number of H-pyrrole nitrogens is 1. The number of urea groups is 1. The highest BCUT2D eigenvalue weighted by Gasteiger charge is 2.49. The number of fused-ring (bicyclic) bond motifs is 3. The Bertz CT molecular complexity index is 1470. The number of nitrogens with one attached hydrogen (secondary N) is 2. The van der Waals surface area contributed by atoms with Crippen molar-refractivity contribution in [2.75, 3.05) is 40.3 Å². The third kappa shape index (κ3) is 5.75. The summed E-state index contributed by atoms with van der Waals surface area (Å²) in [6.07, 6.45) is 4.27. The number of likely N-dealkylation sites (tertiary alicyclic amines) is 1. The van der Waals surface area contributed by atoms with Gasteiger partial charge in [0.1, 0.15) is 6.04 Å². The van der Waals surface area contributed by atoms with E-state index in [1.165, 1.54) is 5.56 Å². The van der Waals surface area contributed by atoms with Gasteiger partial charge in [-0.15, -0.1) is 0 Å². The average Bonchev–Trinajstić information content (AvgIpc) is 3.57. The molecule has 0 bridgehead atoms. The minimum atomic E-state index is -0.751. The summed E-state index contributed by atoms with van der Waals surface area (Å²) in [7, 11) is 3.63. The molecule has 3 atom stereocenters. The van der Waals surface area contributed by atoms with E-state index in [0.717, 1.165) is 41.3 Å². The van der Waals surface area contributed by atoms with Crippen LogP contribution in [0.4, 0.5) is 4.79 Å². The van der Waals surface area contributed by atoms with Crippen molar-refractivity contribution >= 4 is 28.7 Å². The fraction of sp³-hybridized carbons (Fsp3) is 0.500. The summed E-state index contributed by atoms with van der Waals surface area (Å²) in [5, 5.41) is 4.16. The molecule has 1 saturated heterocycles. The van der Waals surface area contributed by atoms with Gasteiger partial charge in [0.25, 0.3) is 0 Å². The van der Waals surface area contributed by atoms with Crippen molar-refractivity contribution in [3.63, 3.8) is 0 Å². The van der Waals surface area contributed by atoms with Crippen molar-refractivity contribution in [3.05, 3.63) is 71.4 Å². The van der Waals surface area contributed by atoms with E-state index in [2.05, 4.69) is 28.5 Å². The van der Waals surface area contributed by atoms with E-state index >= 15 is 0 Å². The number of aromatic nitrogens is 1. The molecule has 1 aromatic heterocycles. The van der Waals surface area contributed by atoms with Gasteiger partial charge >= 0.3 is 6.03 Å². The Morgan fingerprint density at radius 2 is 1.72 bits per heavy atom. The first kappa shape index (κ1) is 30.6. The first-order chi connectivity index (χ1) is 20.6. The maximum atomic E-state index is 14.4. The number of nitrogens with zero attached hydrogens (tertiary/aromatic N) is 3. The highest BCUT2D eigenvalue weighted by Crippen LogP contribution is 2.52. The molecule has 1 aliphatic carbocycles. The summed E-state index contributed by atoms with van der Waals surface area (Å²) < 4.78 is 0. The Morgan fingerprint density at radius 3 is 2.40 bits per heavy atom. The van der Waals surface area contributed by atoms with Gasteiger partial charge in [-0.3, -0.25) is 9.59 Å². The molecule has 4 N–H and O–H groups in total. The van der Waals surface area contributed by atoms with Crippen molar-refractivity contribution in [2.24, 2.45) is 5.73 Å². The number of likely N-dealkylation sites (N-methyl/N-ethyl adjacent to an activating group) is 1. The normalized spacial score (nSPS) is 18.9. The lowest BCUT2D eigenvalue weighted by Crippen LogP contribution is -2.57. The molecule has 9 heteroatoms. The van der Waals surface area contributed by atoms with Crippen LogP contribution in [0.15, 0.2) is 54.7 Å². The van der Waals surface area contributed by atoms with Crippen molar-refractivity contribution in [2.45, 2.75) is 69.4 Å². The van der Waals surface area contributed by atoms with Crippen molar-refractivity contribution in [3.8, 4) is 0 Å². The topological polar surface area (TPSA) is 115 Å². The largest absolute Gasteiger partial charge is 0.361 e. The Kier molecular flexibility index (Phi) is 8.83. The minimum absolute atomic E-state index is 0.0576. The van der Waals surface area contributed by atoms with Gasteiger partial charge in [0.15, 0.2) is 0 Å². The van der Waals surface area contributed by atoms with Crippen molar-refractivity contribution < 1.29 is 14.4 Å². The van der Waals surface area contributed by atoms with E-state index in [4.69, 9.17) is 5.73 Å². The molecular formula is C34H46N6O3. The molecule has 3 unspecified atom stereocenters. The van der Waals surface area contributed by atoms with E-state index in [1.54, 1.807) is 9.80 Å². The number of piperidine rings is 1. The van der Waals surface area contributed by atoms with Crippen LogP contribution in [-0.4, -0.2) is 89.9 Å². The number of carbonyl (C=O) groups excluding carboxylic acids is 3. The number of carbonyl (C=O) groups is 3. The second kappa shape index (κ2) is 12.4. The zero-order valence-corrected chi connectivity index (χ0v) is 26.1. The lowest BCUT2D eigenvalue weighted by atomic mass is 9.73. The third-order valence-electron chi connectivity index (χ3n) is 9.68. The molecule has 4 amide bonds. The second-order valence-corrected chi connectivity index (χ2v) is 12.8. The van der Waals surface area contributed by atoms with Gasteiger partial charge in [0, 0.05) is 74.7 Å². The molecule has 3 aromatic rings. The summed E-state index contributed by atoms with van der Waals surface area (Å²) in [4.78, 5) is 49.7. The van der Waals surface area contributed by atoms with Crippen LogP contribution in [0.25, 0.3) is 10.9 Å². The predicted molar refractivity (Wildman–Crippen MR) is 170 cm³/mol. The summed E-state index contributed by atoms with van der Waals surface area (Å²) in [6.45, 7) is 7.80. The van der Waals surface area contributed by atoms with E-state index in [-0.39, 0.29) is 41.1 Å². The van der Waals surface area contributed by atoms with E-state index < -0.39 is 6.04 Å². The number of rotatable bonds is 8. The predicted octanol–water partition coefficient (Wildman–Crippen LogP) is 4.15. The first-order valence-electron chi connectivity index (χ1n) is 15.5. The Morgan fingerprint density at radius 1 is 1.05 bits per heavy atom. The molecule has 43 heavy (non-hydrogen) atoms. The van der Waals surface area contributed by atoms with Gasteiger partial charge in [0.05, 0.1) is 5.92 Å². The van der Waals surface area contributed by atoms with Gasteiger partial charge in [-0.2, -0.15) is 0 Å². The van der Waals surface area contributed by atoms with Crippen molar-refractivity contribution in [1.82, 2.24) is 25.0 Å². The monoisotopic (exact) mass is 586 g/mol. The van der Waals surface area contributed by atoms with Crippen LogP contribution in [0.1, 0.15) is 68.6 Å². The molecule has 9 nitrogen and oxygen atoms in total. The summed E-state index contributed by atoms with van der Waals surface area (Å²) in [5.41, 5.74) is 10.0. The van der Waals surface area contributed by atoms with Gasteiger partial charge < -0.3 is 30.7 Å². The lowest BCUT2D eigenvalue weighted by molar-refractivity contribution is -0.136. The van der Waals surface area contributed by atoms with Gasteiger partial charge in [0.2, 0.25) is 11.8 Å². The third-order valence-corrected chi connectivity index (χ3v) is 9.68. The van der Waals surface area contributed by atoms with Crippen LogP contribution in [0.5, 0.6) is 0 Å². The zero-order valence-electron chi connectivity index (χ0n) is 26.1. The molecular weight excluding hydrogens is 540 g/mol. The molecule has 2 heterocycles. The number of hydrogen-bond donors (Lipinski definition) is 3. The molecule has 0 saturated carbocycles. The Balaban J connectivity index is 1.40. The fourth-order valence-electron chi connectivity index (χ4n) is 7.25. The van der Waals surface area contributed by atoms with Gasteiger partial charge in [-0.1, -0.05) is 49.4 Å². The first-order valence-corrected chi connectivity index (χ1v) is 15.5. The van der Waals surface area contributed by atoms with Crippen LogP contribution in [0, 0.1) is 0 Å². The quantitative estimate of drug-likeness (QED) is 0.368. The highest BCUT2D eigenvalue weighted by atomic mass is 16.2. The van der Waals surface area contributed by atoms with Gasteiger partial charge in [-0.25, -0.2) is 4.79 Å². The number of aromatic amines is 1. The summed E-state index contributed by atoms with van der Waals surface area (Å²) >= 11 is 0. The van der Waals surface area contributed by atoms with Crippen molar-refractivity contribution in [1.29, 1.82) is 0 Å². The molecule has 1 fully saturated rings. The molecule has 2 aromatic carbocycles. The van der Waals surface area contributed by atoms with Crippen LogP contribution >= 0.6 is 0 Å². The number of nitrogens with two attached hydrogens (primary N) is 1. The van der Waals surface area contributed by atoms with Crippen LogP contribution < -0.4 is 11.1 Å². The fourth-order valence-corrected chi connectivity index (χ4v) is 7.25. The van der Waals surface area contributed by atoms with Crippen LogP contribution in [-0.2, 0) is 15.0 Å². The molecule has 5 rings (SSSR count). The van der Waals surface area contributed by atoms with Crippen LogP contribution in [0.3, 0.4) is 0 Å². The SMILES string of the molecule is CC(c1c[nH]c2ccccc12)C(NC(=O)N(CCN)C(C)C)C(=O)N1CCC2(CC1)CC(C(=O)N(C)C)c1ccccc12. The van der Waals surface area contributed by atoms with Crippen LogP contribution in [0.2, 0.25) is 0 Å². The minimum Gasteiger partial charge on any atom is -0.361 e. The summed E-state index contributed by atoms with van der Waals surface area (Å²) in [5.74, 6) is -0.383. The molecule has 1 spiro atoms. The standard InChI is InChI=1S/C34H46N6O3/c1-22(2)40(19-16-35)33(43)37-30(23(3)27-21-36-29-13-9-7-11-25(27)29)32(42)39-17-14-34(15-18-39)20-26(31(41)38(4)5)24-10-6-8-12-28(24)34/h6-13,21-23,26,30,36H,14-20,35H2,1-5H3,(H,37,43). The van der Waals surface area contributed by atoms with E-state index in [1.807, 2.05) is 76.3 Å². The van der Waals surface area contributed by atoms with E-state index in [9.17, 15) is 14.4 Å². The Hall–Kier alpha value is -3.85. The second-order valence-electron chi connectivity index (χ2n) is 12.8. The molecule has 230 valence electrons. The van der Waals surface area contributed by atoms with E-state index in [0.29, 0.717) is 26.2 Å². The molecule has 1 aliphatic heterocycles. The number of para-hydroxylation sites is 1. The maximum Gasteiger partial charge on any atom is 0.318 e. The van der Waals surface area contributed by atoms with Gasteiger partial charge in [-0.05, 0) is 55.9 Å². The molecule has 2 aliphatic rings. The lowest BCUT2D eigenvalue weighted by Gasteiger charge is -2.42. The Labute approximate surface area is 254 Å². The number of amides is 4.